The standard InChI is InChI=1S/C23H20N6OS/c24-13-7-15-29(16-8-14-25)20(30)17-31-23-26-21(18-9-3-1-4-10-18)22(27-28-23)19-11-5-2-6-12-19/h1-6,9-12H,7-8,15-17H2. The van der Waals surface area contributed by atoms with Crippen LogP contribution in [0.5, 0.6) is 0 Å². The van der Waals surface area contributed by atoms with Crippen molar-refractivity contribution in [1.29, 1.82) is 10.5 Å². The van der Waals surface area contributed by atoms with E-state index in [2.05, 4.69) is 15.2 Å². The van der Waals surface area contributed by atoms with Crippen LogP contribution in [0.3, 0.4) is 0 Å². The number of carbonyl (C=O) groups is 1. The highest BCUT2D eigenvalue weighted by atomic mass is 32.2. The van der Waals surface area contributed by atoms with E-state index >= 15 is 0 Å². The van der Waals surface area contributed by atoms with Crippen LogP contribution in [-0.4, -0.2) is 44.8 Å². The zero-order chi connectivity index (χ0) is 21.9. The first-order chi connectivity index (χ1) is 15.2. The van der Waals surface area contributed by atoms with Gasteiger partial charge in [-0.25, -0.2) is 4.98 Å². The lowest BCUT2D eigenvalue weighted by atomic mass is 10.0. The second kappa shape index (κ2) is 11.4. The van der Waals surface area contributed by atoms with Crippen LogP contribution in [0.25, 0.3) is 22.5 Å². The van der Waals surface area contributed by atoms with Crippen molar-refractivity contribution in [2.75, 3.05) is 18.8 Å². The largest absolute Gasteiger partial charge is 0.340 e. The molecule has 7 nitrogen and oxygen atoms in total. The molecule has 0 aliphatic carbocycles. The van der Waals surface area contributed by atoms with E-state index in [9.17, 15) is 4.79 Å². The average Bonchev–Trinajstić information content (AvgIpc) is 2.83. The van der Waals surface area contributed by atoms with Crippen LogP contribution in [0, 0.1) is 22.7 Å². The van der Waals surface area contributed by atoms with E-state index in [4.69, 9.17) is 10.5 Å². The van der Waals surface area contributed by atoms with E-state index in [0.717, 1.165) is 11.1 Å². The molecule has 2 aromatic carbocycles. The predicted molar refractivity (Wildman–Crippen MR) is 118 cm³/mol. The number of nitrogens with zero attached hydrogens (tertiary/aromatic N) is 6. The normalized spacial score (nSPS) is 10.1. The van der Waals surface area contributed by atoms with Crippen molar-refractivity contribution < 1.29 is 4.79 Å². The zero-order valence-electron chi connectivity index (χ0n) is 16.8. The lowest BCUT2D eigenvalue weighted by Gasteiger charge is -2.19. The van der Waals surface area contributed by atoms with Gasteiger partial charge < -0.3 is 4.90 Å². The second-order valence-corrected chi connectivity index (χ2v) is 7.45. The summed E-state index contributed by atoms with van der Waals surface area (Å²) in [6.07, 6.45) is 0.452. The Bertz CT molecular complexity index is 1070. The third kappa shape index (κ3) is 6.11. The third-order valence-electron chi connectivity index (χ3n) is 4.43. The number of carbonyl (C=O) groups excluding carboxylic acids is 1. The maximum atomic E-state index is 12.6. The molecular weight excluding hydrogens is 408 g/mol. The van der Waals surface area contributed by atoms with Crippen LogP contribution in [0.2, 0.25) is 0 Å². The van der Waals surface area contributed by atoms with Crippen LogP contribution in [0.4, 0.5) is 0 Å². The molecule has 0 aliphatic heterocycles. The third-order valence-corrected chi connectivity index (χ3v) is 5.25. The van der Waals surface area contributed by atoms with E-state index in [1.807, 2.05) is 72.8 Å². The van der Waals surface area contributed by atoms with Gasteiger partial charge in [0.25, 0.3) is 0 Å². The van der Waals surface area contributed by atoms with E-state index in [1.54, 1.807) is 0 Å². The Kier molecular flexibility index (Phi) is 8.10. The van der Waals surface area contributed by atoms with Crippen LogP contribution in [0.1, 0.15) is 12.8 Å². The summed E-state index contributed by atoms with van der Waals surface area (Å²) < 4.78 is 0. The maximum absolute atomic E-state index is 12.6. The molecule has 31 heavy (non-hydrogen) atoms. The molecule has 0 saturated heterocycles. The van der Waals surface area contributed by atoms with Crippen molar-refractivity contribution >= 4 is 17.7 Å². The van der Waals surface area contributed by atoms with Crippen molar-refractivity contribution in [3.8, 4) is 34.7 Å². The molecule has 1 heterocycles. The molecule has 0 radical (unpaired) electrons. The molecule has 0 bridgehead atoms. The number of rotatable bonds is 9. The fraction of sp³-hybridized carbons (Fsp3) is 0.217. The smallest absolute Gasteiger partial charge is 0.233 e. The summed E-state index contributed by atoms with van der Waals surface area (Å²) in [5.41, 5.74) is 3.19. The highest BCUT2D eigenvalue weighted by molar-refractivity contribution is 7.99. The summed E-state index contributed by atoms with van der Waals surface area (Å²) in [4.78, 5) is 18.8. The summed E-state index contributed by atoms with van der Waals surface area (Å²) in [6.45, 7) is 0.609. The molecule has 3 aromatic rings. The Balaban J connectivity index is 1.82. The SMILES string of the molecule is N#CCCN(CCC#N)C(=O)CSc1nnc(-c2ccccc2)c(-c2ccccc2)n1. The van der Waals surface area contributed by atoms with Crippen LogP contribution in [0.15, 0.2) is 65.8 Å². The van der Waals surface area contributed by atoms with Crippen LogP contribution >= 0.6 is 11.8 Å². The summed E-state index contributed by atoms with van der Waals surface area (Å²) in [5.74, 6) is -0.0511. The molecule has 0 N–H and O–H groups in total. The topological polar surface area (TPSA) is 107 Å². The van der Waals surface area contributed by atoms with Crippen molar-refractivity contribution in [3.63, 3.8) is 0 Å². The Morgan fingerprint density at radius 1 is 0.839 bits per heavy atom. The summed E-state index contributed by atoms with van der Waals surface area (Å²) in [6, 6.07) is 23.5. The Labute approximate surface area is 185 Å². The van der Waals surface area contributed by atoms with Gasteiger partial charge in [0.2, 0.25) is 11.1 Å². The lowest BCUT2D eigenvalue weighted by molar-refractivity contribution is -0.128. The first-order valence-electron chi connectivity index (χ1n) is 9.73. The first-order valence-corrected chi connectivity index (χ1v) is 10.7. The number of nitriles is 2. The molecule has 0 saturated carbocycles. The zero-order valence-corrected chi connectivity index (χ0v) is 17.6. The van der Waals surface area contributed by atoms with Crippen molar-refractivity contribution in [3.05, 3.63) is 60.7 Å². The van der Waals surface area contributed by atoms with Crippen molar-refractivity contribution in [1.82, 2.24) is 20.1 Å². The molecule has 1 aromatic heterocycles. The fourth-order valence-corrected chi connectivity index (χ4v) is 3.60. The molecule has 1 amide bonds. The van der Waals surface area contributed by atoms with Crippen molar-refractivity contribution in [2.24, 2.45) is 0 Å². The van der Waals surface area contributed by atoms with Gasteiger partial charge in [0.1, 0.15) is 11.4 Å². The predicted octanol–water partition coefficient (Wildman–Crippen LogP) is 3.95. The van der Waals surface area contributed by atoms with Crippen molar-refractivity contribution in [2.45, 2.75) is 18.0 Å². The number of aromatic nitrogens is 3. The molecule has 8 heteroatoms. The van der Waals surface area contributed by atoms with Crippen LogP contribution in [-0.2, 0) is 4.79 Å². The second-order valence-electron chi connectivity index (χ2n) is 6.51. The quantitative estimate of drug-likeness (QED) is 0.475. The van der Waals surface area contributed by atoms with Gasteiger partial charge in [0, 0.05) is 24.2 Å². The maximum Gasteiger partial charge on any atom is 0.233 e. The van der Waals surface area contributed by atoms with Crippen LogP contribution < -0.4 is 0 Å². The number of amides is 1. The van der Waals surface area contributed by atoms with Gasteiger partial charge in [0.05, 0.1) is 30.7 Å². The number of thioether (sulfide) groups is 1. The lowest BCUT2D eigenvalue weighted by Crippen LogP contribution is -2.34. The summed E-state index contributed by atoms with van der Waals surface area (Å²) in [7, 11) is 0. The number of benzene rings is 2. The summed E-state index contributed by atoms with van der Waals surface area (Å²) >= 11 is 1.19. The molecule has 0 fully saturated rings. The molecule has 154 valence electrons. The molecule has 0 aliphatic rings. The number of hydrogen-bond acceptors (Lipinski definition) is 7. The van der Waals surface area contributed by atoms with E-state index in [-0.39, 0.29) is 24.5 Å². The highest BCUT2D eigenvalue weighted by Gasteiger charge is 2.17. The molecule has 0 unspecified atom stereocenters. The summed E-state index contributed by atoms with van der Waals surface area (Å²) in [5, 5.41) is 26.6. The fourth-order valence-electron chi connectivity index (χ4n) is 2.91. The van der Waals surface area contributed by atoms with Gasteiger partial charge in [-0.3, -0.25) is 4.79 Å². The Morgan fingerprint density at radius 3 is 1.94 bits per heavy atom. The molecule has 0 spiro atoms. The molecular formula is C23H20N6OS. The van der Waals surface area contributed by atoms with E-state index < -0.39 is 0 Å². The van der Waals surface area contributed by atoms with Gasteiger partial charge >= 0.3 is 0 Å². The van der Waals surface area contributed by atoms with E-state index in [1.165, 1.54) is 16.7 Å². The minimum Gasteiger partial charge on any atom is -0.340 e. The van der Waals surface area contributed by atoms with E-state index in [0.29, 0.717) is 29.6 Å². The molecule has 0 atom stereocenters. The number of hydrogen-bond donors (Lipinski definition) is 0. The molecule has 3 rings (SSSR count). The van der Waals surface area contributed by atoms with Gasteiger partial charge in [-0.1, -0.05) is 72.4 Å². The Hall–Kier alpha value is -3.75. The highest BCUT2D eigenvalue weighted by Crippen LogP contribution is 2.29. The van der Waals surface area contributed by atoms with Gasteiger partial charge in [-0.2, -0.15) is 10.5 Å². The first kappa shape index (κ1) is 21.9. The van der Waals surface area contributed by atoms with Gasteiger partial charge in [0.15, 0.2) is 0 Å². The Morgan fingerprint density at radius 2 is 1.39 bits per heavy atom. The minimum absolute atomic E-state index is 0.109. The minimum atomic E-state index is -0.160. The van der Waals surface area contributed by atoms with Gasteiger partial charge in [-0.15, -0.1) is 10.2 Å². The monoisotopic (exact) mass is 428 g/mol. The van der Waals surface area contributed by atoms with Gasteiger partial charge in [-0.05, 0) is 0 Å². The average molecular weight is 429 g/mol.